The fraction of sp³-hybridized carbons (Fsp3) is 0.300. The van der Waals surface area contributed by atoms with Gasteiger partial charge in [-0.05, 0) is 26.0 Å². The molecule has 1 aromatic carbocycles. The van der Waals surface area contributed by atoms with E-state index in [9.17, 15) is 4.79 Å². The average Bonchev–Trinajstić information content (AvgIpc) is 3.21. The van der Waals surface area contributed by atoms with E-state index in [1.807, 2.05) is 49.1 Å². The molecule has 4 rings (SSSR count). The zero-order valence-corrected chi connectivity index (χ0v) is 15.5. The van der Waals surface area contributed by atoms with Crippen LogP contribution in [-0.2, 0) is 0 Å². The van der Waals surface area contributed by atoms with Gasteiger partial charge in [0, 0.05) is 55.5 Å². The minimum absolute atomic E-state index is 0.0305. The minimum Gasteiger partial charge on any atom is -0.345 e. The molecule has 138 valence electrons. The number of aromatic nitrogens is 4. The van der Waals surface area contributed by atoms with E-state index in [0.717, 1.165) is 36.0 Å². The second-order valence-electron chi connectivity index (χ2n) is 6.71. The molecule has 27 heavy (non-hydrogen) atoms. The normalized spacial score (nSPS) is 14.4. The van der Waals surface area contributed by atoms with Gasteiger partial charge in [-0.15, -0.1) is 0 Å². The zero-order chi connectivity index (χ0) is 18.8. The highest BCUT2D eigenvalue weighted by atomic mass is 16.2. The molecule has 2 aromatic heterocycles. The standard InChI is InChI=1S/C20H22N6O/c1-14-13-15(2)24-20(23-14)26-11-9-25(10-12-26)19(27)17-6-4-3-5-16(17)18-21-7-8-22-18/h3-8,13H,9-12H2,1-2H3,(H,21,22). The number of imidazole rings is 1. The van der Waals surface area contributed by atoms with Crippen molar-refractivity contribution in [2.24, 2.45) is 0 Å². The molecular formula is C20H22N6O. The summed E-state index contributed by atoms with van der Waals surface area (Å²) in [4.78, 5) is 33.6. The number of nitrogens with one attached hydrogen (secondary N) is 1. The number of aryl methyl sites for hydroxylation is 2. The number of benzene rings is 1. The van der Waals surface area contributed by atoms with E-state index in [2.05, 4.69) is 24.8 Å². The van der Waals surface area contributed by atoms with Gasteiger partial charge in [0.05, 0.1) is 5.56 Å². The van der Waals surface area contributed by atoms with Crippen LogP contribution in [0, 0.1) is 13.8 Å². The van der Waals surface area contributed by atoms with Gasteiger partial charge in [-0.1, -0.05) is 18.2 Å². The Balaban J connectivity index is 1.50. The Morgan fingerprint density at radius 1 is 1.04 bits per heavy atom. The van der Waals surface area contributed by atoms with Crippen molar-refractivity contribution >= 4 is 11.9 Å². The van der Waals surface area contributed by atoms with E-state index in [1.54, 1.807) is 12.4 Å². The van der Waals surface area contributed by atoms with Gasteiger partial charge in [0.15, 0.2) is 0 Å². The third-order valence-corrected chi connectivity index (χ3v) is 4.73. The summed E-state index contributed by atoms with van der Waals surface area (Å²) in [5.74, 6) is 1.49. The quantitative estimate of drug-likeness (QED) is 0.774. The number of hydrogen-bond acceptors (Lipinski definition) is 5. The van der Waals surface area contributed by atoms with E-state index in [0.29, 0.717) is 24.5 Å². The second kappa shape index (κ2) is 7.19. The third-order valence-electron chi connectivity index (χ3n) is 4.73. The molecule has 1 amide bonds. The molecule has 1 aliphatic heterocycles. The molecule has 0 atom stereocenters. The topological polar surface area (TPSA) is 78.0 Å². The minimum atomic E-state index is 0.0305. The number of piperazine rings is 1. The summed E-state index contributed by atoms with van der Waals surface area (Å²) in [6.07, 6.45) is 3.46. The summed E-state index contributed by atoms with van der Waals surface area (Å²) < 4.78 is 0. The monoisotopic (exact) mass is 362 g/mol. The zero-order valence-electron chi connectivity index (χ0n) is 15.5. The van der Waals surface area contributed by atoms with Crippen molar-refractivity contribution in [2.75, 3.05) is 31.1 Å². The van der Waals surface area contributed by atoms with Crippen molar-refractivity contribution in [3.63, 3.8) is 0 Å². The first-order valence-corrected chi connectivity index (χ1v) is 9.07. The van der Waals surface area contributed by atoms with E-state index in [1.165, 1.54) is 0 Å². The van der Waals surface area contributed by atoms with Gasteiger partial charge >= 0.3 is 0 Å². The van der Waals surface area contributed by atoms with Crippen LogP contribution in [-0.4, -0.2) is 56.9 Å². The van der Waals surface area contributed by atoms with Gasteiger partial charge in [-0.3, -0.25) is 4.79 Å². The molecule has 0 saturated carbocycles. The highest BCUT2D eigenvalue weighted by Gasteiger charge is 2.25. The van der Waals surface area contributed by atoms with Gasteiger partial charge < -0.3 is 14.8 Å². The van der Waals surface area contributed by atoms with Crippen LogP contribution in [0.5, 0.6) is 0 Å². The maximum Gasteiger partial charge on any atom is 0.254 e. The van der Waals surface area contributed by atoms with E-state index >= 15 is 0 Å². The number of rotatable bonds is 3. The Labute approximate surface area is 158 Å². The van der Waals surface area contributed by atoms with Crippen LogP contribution in [0.4, 0.5) is 5.95 Å². The Bertz CT molecular complexity index is 925. The number of aromatic amines is 1. The summed E-state index contributed by atoms with van der Waals surface area (Å²) >= 11 is 0. The van der Waals surface area contributed by atoms with Crippen molar-refractivity contribution in [3.8, 4) is 11.4 Å². The summed E-state index contributed by atoms with van der Waals surface area (Å²) in [6, 6.07) is 9.56. The fourth-order valence-electron chi connectivity index (χ4n) is 3.42. The predicted octanol–water partition coefficient (Wildman–Crippen LogP) is 2.45. The van der Waals surface area contributed by atoms with Crippen LogP contribution in [0.15, 0.2) is 42.7 Å². The van der Waals surface area contributed by atoms with Crippen molar-refractivity contribution in [1.29, 1.82) is 0 Å². The number of carbonyl (C=O) groups is 1. The number of H-pyrrole nitrogens is 1. The lowest BCUT2D eigenvalue weighted by Gasteiger charge is -2.35. The summed E-state index contributed by atoms with van der Waals surface area (Å²) in [5.41, 5.74) is 3.42. The van der Waals surface area contributed by atoms with Crippen LogP contribution in [0.3, 0.4) is 0 Å². The molecule has 1 saturated heterocycles. The lowest BCUT2D eigenvalue weighted by atomic mass is 10.1. The maximum atomic E-state index is 13.1. The van der Waals surface area contributed by atoms with E-state index in [4.69, 9.17) is 0 Å². The first-order chi connectivity index (χ1) is 13.1. The van der Waals surface area contributed by atoms with Crippen molar-refractivity contribution < 1.29 is 4.79 Å². The smallest absolute Gasteiger partial charge is 0.254 e. The van der Waals surface area contributed by atoms with Crippen LogP contribution in [0.2, 0.25) is 0 Å². The summed E-state index contributed by atoms with van der Waals surface area (Å²) in [5, 5.41) is 0. The SMILES string of the molecule is Cc1cc(C)nc(N2CCN(C(=O)c3ccccc3-c3ncc[nH]3)CC2)n1. The number of carbonyl (C=O) groups excluding carboxylic acids is 1. The van der Waals surface area contributed by atoms with Crippen molar-refractivity contribution in [2.45, 2.75) is 13.8 Å². The van der Waals surface area contributed by atoms with Gasteiger partial charge in [-0.25, -0.2) is 15.0 Å². The molecular weight excluding hydrogens is 340 g/mol. The molecule has 1 fully saturated rings. The average molecular weight is 362 g/mol. The molecule has 3 heterocycles. The Morgan fingerprint density at radius 3 is 2.41 bits per heavy atom. The Hall–Kier alpha value is -3.22. The predicted molar refractivity (Wildman–Crippen MR) is 104 cm³/mol. The largest absolute Gasteiger partial charge is 0.345 e. The highest BCUT2D eigenvalue weighted by Crippen LogP contribution is 2.22. The van der Waals surface area contributed by atoms with Gasteiger partial charge in [-0.2, -0.15) is 0 Å². The van der Waals surface area contributed by atoms with Crippen LogP contribution in [0.1, 0.15) is 21.7 Å². The van der Waals surface area contributed by atoms with Gasteiger partial charge in [0.2, 0.25) is 5.95 Å². The maximum absolute atomic E-state index is 13.1. The molecule has 0 unspecified atom stereocenters. The third kappa shape index (κ3) is 3.53. The molecule has 0 bridgehead atoms. The Kier molecular flexibility index (Phi) is 4.58. The van der Waals surface area contributed by atoms with Gasteiger partial charge in [0.25, 0.3) is 5.91 Å². The van der Waals surface area contributed by atoms with Crippen LogP contribution < -0.4 is 4.90 Å². The summed E-state index contributed by atoms with van der Waals surface area (Å²) in [6.45, 7) is 6.67. The number of hydrogen-bond donors (Lipinski definition) is 1. The van der Waals surface area contributed by atoms with Crippen LogP contribution in [0.25, 0.3) is 11.4 Å². The molecule has 0 aliphatic carbocycles. The first kappa shape index (κ1) is 17.2. The van der Waals surface area contributed by atoms with Crippen molar-refractivity contribution in [1.82, 2.24) is 24.8 Å². The Morgan fingerprint density at radius 2 is 1.74 bits per heavy atom. The molecule has 1 aliphatic rings. The molecule has 7 nitrogen and oxygen atoms in total. The molecule has 3 aromatic rings. The number of amides is 1. The molecule has 0 radical (unpaired) electrons. The first-order valence-electron chi connectivity index (χ1n) is 9.07. The molecule has 1 N–H and O–H groups in total. The fourth-order valence-corrected chi connectivity index (χ4v) is 3.42. The summed E-state index contributed by atoms with van der Waals surface area (Å²) in [7, 11) is 0. The van der Waals surface area contributed by atoms with Crippen molar-refractivity contribution in [3.05, 3.63) is 59.7 Å². The number of nitrogens with zero attached hydrogens (tertiary/aromatic N) is 5. The van der Waals surface area contributed by atoms with E-state index < -0.39 is 0 Å². The van der Waals surface area contributed by atoms with E-state index in [-0.39, 0.29) is 5.91 Å². The van der Waals surface area contributed by atoms with Crippen LogP contribution >= 0.6 is 0 Å². The lowest BCUT2D eigenvalue weighted by Crippen LogP contribution is -2.49. The molecule has 7 heteroatoms. The second-order valence-corrected chi connectivity index (χ2v) is 6.71. The number of anilines is 1. The lowest BCUT2D eigenvalue weighted by molar-refractivity contribution is 0.0747. The highest BCUT2D eigenvalue weighted by molar-refractivity contribution is 6.00. The van der Waals surface area contributed by atoms with Gasteiger partial charge in [0.1, 0.15) is 5.82 Å². The molecule has 0 spiro atoms.